The van der Waals surface area contributed by atoms with Crippen molar-refractivity contribution in [2.75, 3.05) is 46.2 Å². The van der Waals surface area contributed by atoms with E-state index in [-0.39, 0.29) is 6.61 Å². The number of hydrogen-bond acceptors (Lipinski definition) is 4. The lowest BCUT2D eigenvalue weighted by molar-refractivity contribution is -0.00144. The maximum Gasteiger partial charge on any atom is 0.0701 e. The molecule has 0 aliphatic heterocycles. The fraction of sp³-hybridized carbons (Fsp3) is 1.00. The van der Waals surface area contributed by atoms with Crippen LogP contribution in [0.3, 0.4) is 0 Å². The molecule has 4 nitrogen and oxygen atoms in total. The van der Waals surface area contributed by atoms with E-state index in [0.717, 1.165) is 18.4 Å². The molecule has 0 atom stereocenters. The Hall–Kier alpha value is -0.160. The van der Waals surface area contributed by atoms with Crippen molar-refractivity contribution in [2.45, 2.75) is 32.6 Å². The highest BCUT2D eigenvalue weighted by Crippen LogP contribution is 2.28. The Balaban J connectivity index is 1.78. The van der Waals surface area contributed by atoms with Gasteiger partial charge in [-0.15, -0.1) is 0 Å². The van der Waals surface area contributed by atoms with Gasteiger partial charge < -0.3 is 19.3 Å². The molecule has 18 heavy (non-hydrogen) atoms. The number of aliphatic hydroxyl groups excluding tert-OH is 1. The normalized spacial score (nSPS) is 24.3. The smallest absolute Gasteiger partial charge is 0.0701 e. The Labute approximate surface area is 111 Å². The lowest BCUT2D eigenvalue weighted by Crippen LogP contribution is -2.19. The molecular weight excluding hydrogens is 232 g/mol. The van der Waals surface area contributed by atoms with Gasteiger partial charge in [-0.25, -0.2) is 0 Å². The van der Waals surface area contributed by atoms with E-state index in [4.69, 9.17) is 19.3 Å². The quantitative estimate of drug-likeness (QED) is 0.609. The zero-order chi connectivity index (χ0) is 13.1. The molecule has 0 saturated heterocycles. The SMILES string of the molecule is C[C@H]1CC[C@H](COCCOCCOCCO)CC1. The standard InChI is InChI=1S/C14H28O4/c1-13-2-4-14(5-3-13)12-18-11-10-17-9-8-16-7-6-15/h13-15H,2-12H2,1H3/t13-,14-. The molecule has 0 radical (unpaired) electrons. The third-order valence-corrected chi connectivity index (χ3v) is 3.47. The summed E-state index contributed by atoms with van der Waals surface area (Å²) in [5, 5.41) is 8.49. The van der Waals surface area contributed by atoms with Crippen LogP contribution in [-0.2, 0) is 14.2 Å². The molecule has 1 aliphatic carbocycles. The summed E-state index contributed by atoms with van der Waals surface area (Å²) in [5.41, 5.74) is 0. The number of aliphatic hydroxyl groups is 1. The second-order valence-electron chi connectivity index (χ2n) is 5.15. The maximum atomic E-state index is 8.49. The minimum atomic E-state index is 0.0725. The Morgan fingerprint density at radius 3 is 2.00 bits per heavy atom. The van der Waals surface area contributed by atoms with Crippen molar-refractivity contribution in [1.82, 2.24) is 0 Å². The van der Waals surface area contributed by atoms with E-state index in [1.807, 2.05) is 0 Å². The molecule has 0 amide bonds. The van der Waals surface area contributed by atoms with E-state index in [0.29, 0.717) is 33.0 Å². The van der Waals surface area contributed by atoms with Crippen molar-refractivity contribution in [1.29, 1.82) is 0 Å². The fourth-order valence-electron chi connectivity index (χ4n) is 2.25. The monoisotopic (exact) mass is 260 g/mol. The van der Waals surface area contributed by atoms with Crippen LogP contribution in [-0.4, -0.2) is 51.4 Å². The molecule has 1 rings (SSSR count). The van der Waals surface area contributed by atoms with Gasteiger partial charge in [0.05, 0.1) is 39.6 Å². The van der Waals surface area contributed by atoms with Crippen LogP contribution < -0.4 is 0 Å². The first-order valence-electron chi connectivity index (χ1n) is 7.17. The summed E-state index contributed by atoms with van der Waals surface area (Å²) >= 11 is 0. The van der Waals surface area contributed by atoms with Gasteiger partial charge >= 0.3 is 0 Å². The van der Waals surface area contributed by atoms with Gasteiger partial charge in [-0.1, -0.05) is 19.8 Å². The molecular formula is C14H28O4. The van der Waals surface area contributed by atoms with Crippen molar-refractivity contribution < 1.29 is 19.3 Å². The average Bonchev–Trinajstić information content (AvgIpc) is 2.39. The van der Waals surface area contributed by atoms with Gasteiger partial charge in [-0.3, -0.25) is 0 Å². The van der Waals surface area contributed by atoms with Crippen LogP contribution in [0.5, 0.6) is 0 Å². The van der Waals surface area contributed by atoms with Crippen LogP contribution in [0, 0.1) is 11.8 Å². The van der Waals surface area contributed by atoms with Crippen LogP contribution >= 0.6 is 0 Å². The number of ether oxygens (including phenoxy) is 3. The zero-order valence-corrected chi connectivity index (χ0v) is 11.6. The predicted molar refractivity (Wildman–Crippen MR) is 70.7 cm³/mol. The van der Waals surface area contributed by atoms with E-state index in [1.54, 1.807) is 0 Å². The summed E-state index contributed by atoms with van der Waals surface area (Å²) in [5.74, 6) is 1.66. The van der Waals surface area contributed by atoms with Gasteiger partial charge in [-0.2, -0.15) is 0 Å². The summed E-state index contributed by atoms with van der Waals surface area (Å²) < 4.78 is 16.1. The lowest BCUT2D eigenvalue weighted by Gasteiger charge is -2.25. The molecule has 108 valence electrons. The van der Waals surface area contributed by atoms with E-state index >= 15 is 0 Å². The summed E-state index contributed by atoms with van der Waals surface area (Å²) in [6, 6.07) is 0. The van der Waals surface area contributed by atoms with E-state index in [2.05, 4.69) is 6.92 Å². The summed E-state index contributed by atoms with van der Waals surface area (Å²) in [7, 11) is 0. The second kappa shape index (κ2) is 10.7. The van der Waals surface area contributed by atoms with Crippen LogP contribution in [0.15, 0.2) is 0 Å². The maximum absolute atomic E-state index is 8.49. The van der Waals surface area contributed by atoms with Crippen LogP contribution in [0.4, 0.5) is 0 Å². The predicted octanol–water partition coefficient (Wildman–Crippen LogP) is 1.85. The molecule has 4 heteroatoms. The van der Waals surface area contributed by atoms with Gasteiger partial charge in [0, 0.05) is 6.61 Å². The molecule has 1 saturated carbocycles. The highest BCUT2D eigenvalue weighted by Gasteiger charge is 2.17. The highest BCUT2D eigenvalue weighted by atomic mass is 16.5. The van der Waals surface area contributed by atoms with Crippen LogP contribution in [0.1, 0.15) is 32.6 Å². The molecule has 0 aromatic rings. The van der Waals surface area contributed by atoms with Gasteiger partial charge in [0.1, 0.15) is 0 Å². The Morgan fingerprint density at radius 2 is 1.39 bits per heavy atom. The van der Waals surface area contributed by atoms with Gasteiger partial charge in [0.25, 0.3) is 0 Å². The van der Waals surface area contributed by atoms with Crippen molar-refractivity contribution in [2.24, 2.45) is 11.8 Å². The van der Waals surface area contributed by atoms with Gasteiger partial charge in [-0.05, 0) is 24.7 Å². The van der Waals surface area contributed by atoms with E-state index in [1.165, 1.54) is 25.7 Å². The molecule has 0 unspecified atom stereocenters. The first kappa shape index (κ1) is 15.9. The molecule has 0 aromatic carbocycles. The fourth-order valence-corrected chi connectivity index (χ4v) is 2.25. The number of rotatable bonds is 10. The van der Waals surface area contributed by atoms with Crippen molar-refractivity contribution in [3.8, 4) is 0 Å². The third-order valence-electron chi connectivity index (χ3n) is 3.47. The van der Waals surface area contributed by atoms with E-state index < -0.39 is 0 Å². The third kappa shape index (κ3) is 8.03. The summed E-state index contributed by atoms with van der Waals surface area (Å²) in [4.78, 5) is 0. The van der Waals surface area contributed by atoms with Gasteiger partial charge in [0.2, 0.25) is 0 Å². The molecule has 0 aromatic heterocycles. The Kier molecular flexibility index (Phi) is 9.48. The molecule has 1 N–H and O–H groups in total. The first-order chi connectivity index (χ1) is 8.83. The van der Waals surface area contributed by atoms with Crippen molar-refractivity contribution >= 4 is 0 Å². The lowest BCUT2D eigenvalue weighted by atomic mass is 9.83. The highest BCUT2D eigenvalue weighted by molar-refractivity contribution is 4.69. The second-order valence-corrected chi connectivity index (χ2v) is 5.15. The van der Waals surface area contributed by atoms with E-state index in [9.17, 15) is 0 Å². The number of hydrogen-bond donors (Lipinski definition) is 1. The first-order valence-corrected chi connectivity index (χ1v) is 7.17. The Bertz CT molecular complexity index is 179. The van der Waals surface area contributed by atoms with Crippen LogP contribution in [0.2, 0.25) is 0 Å². The zero-order valence-electron chi connectivity index (χ0n) is 11.6. The minimum Gasteiger partial charge on any atom is -0.394 e. The molecule has 0 heterocycles. The van der Waals surface area contributed by atoms with Crippen molar-refractivity contribution in [3.05, 3.63) is 0 Å². The molecule has 1 fully saturated rings. The van der Waals surface area contributed by atoms with Crippen molar-refractivity contribution in [3.63, 3.8) is 0 Å². The largest absolute Gasteiger partial charge is 0.394 e. The molecule has 0 spiro atoms. The molecule has 1 aliphatic rings. The average molecular weight is 260 g/mol. The van der Waals surface area contributed by atoms with Crippen LogP contribution in [0.25, 0.3) is 0 Å². The van der Waals surface area contributed by atoms with Gasteiger partial charge in [0.15, 0.2) is 0 Å². The Morgan fingerprint density at radius 1 is 0.833 bits per heavy atom. The topological polar surface area (TPSA) is 47.9 Å². The minimum absolute atomic E-state index is 0.0725. The summed E-state index contributed by atoms with van der Waals surface area (Å²) in [6.07, 6.45) is 5.34. The molecule has 0 bridgehead atoms. The summed E-state index contributed by atoms with van der Waals surface area (Å²) in [6.45, 7) is 6.10.